The van der Waals surface area contributed by atoms with Crippen molar-refractivity contribution in [3.63, 3.8) is 0 Å². The van der Waals surface area contributed by atoms with Crippen LogP contribution in [-0.2, 0) is 0 Å². The zero-order valence-electron chi connectivity index (χ0n) is 11.3. The monoisotopic (exact) mass is 240 g/mol. The second-order valence-corrected chi connectivity index (χ2v) is 4.60. The quantitative estimate of drug-likeness (QED) is 0.881. The molecule has 1 heterocycles. The molecule has 1 atom stereocenters. The van der Waals surface area contributed by atoms with Gasteiger partial charge in [0.05, 0.1) is 0 Å². The highest BCUT2D eigenvalue weighted by Crippen LogP contribution is 2.25. The van der Waals surface area contributed by atoms with E-state index in [1.165, 1.54) is 22.3 Å². The molecule has 0 spiro atoms. The van der Waals surface area contributed by atoms with Crippen LogP contribution in [0.1, 0.15) is 31.0 Å². The molecule has 1 unspecified atom stereocenters. The number of benzene rings is 1. The van der Waals surface area contributed by atoms with Gasteiger partial charge in [-0.1, -0.05) is 25.1 Å². The Morgan fingerprint density at radius 2 is 2.11 bits per heavy atom. The Bertz CT molecular complexity index is 520. The molecule has 94 valence electrons. The van der Waals surface area contributed by atoms with Gasteiger partial charge in [0.1, 0.15) is 0 Å². The van der Waals surface area contributed by atoms with Gasteiger partial charge in [-0.25, -0.2) is 0 Å². The van der Waals surface area contributed by atoms with Gasteiger partial charge in [-0.05, 0) is 49.2 Å². The fraction of sp³-hybridized carbons (Fsp3) is 0.312. The summed E-state index contributed by atoms with van der Waals surface area (Å²) in [6, 6.07) is 11.1. The predicted molar refractivity (Wildman–Crippen MR) is 76.5 cm³/mol. The van der Waals surface area contributed by atoms with E-state index in [2.05, 4.69) is 61.4 Å². The van der Waals surface area contributed by atoms with Crippen LogP contribution in [0.3, 0.4) is 0 Å². The minimum absolute atomic E-state index is 0.381. The zero-order chi connectivity index (χ0) is 13.0. The molecule has 0 bridgehead atoms. The van der Waals surface area contributed by atoms with Gasteiger partial charge in [-0.15, -0.1) is 0 Å². The van der Waals surface area contributed by atoms with E-state index in [4.69, 9.17) is 0 Å². The highest BCUT2D eigenvalue weighted by Gasteiger charge is 2.06. The van der Waals surface area contributed by atoms with Gasteiger partial charge in [0, 0.05) is 24.0 Å². The van der Waals surface area contributed by atoms with E-state index in [1.54, 1.807) is 0 Å². The van der Waals surface area contributed by atoms with Crippen LogP contribution in [-0.4, -0.2) is 11.5 Å². The number of aromatic nitrogens is 1. The highest BCUT2D eigenvalue weighted by atomic mass is 14.9. The average molecular weight is 240 g/mol. The fourth-order valence-corrected chi connectivity index (χ4v) is 2.17. The van der Waals surface area contributed by atoms with Crippen LogP contribution in [0.25, 0.3) is 11.1 Å². The van der Waals surface area contributed by atoms with Gasteiger partial charge in [-0.3, -0.25) is 4.98 Å². The molecule has 2 heteroatoms. The standard InChI is InChI=1S/C16H20N2/c1-4-18-13(3)14-6-5-7-15(10-14)16-11-17-9-8-12(16)2/h5-11,13,18H,4H2,1-3H3. The third-order valence-corrected chi connectivity index (χ3v) is 3.25. The molecule has 0 amide bonds. The normalized spacial score (nSPS) is 12.4. The summed E-state index contributed by atoms with van der Waals surface area (Å²) in [6.45, 7) is 7.43. The summed E-state index contributed by atoms with van der Waals surface area (Å²) in [5.41, 5.74) is 5.03. The summed E-state index contributed by atoms with van der Waals surface area (Å²) in [6.07, 6.45) is 3.77. The number of nitrogens with one attached hydrogen (secondary N) is 1. The van der Waals surface area contributed by atoms with Crippen LogP contribution in [0.5, 0.6) is 0 Å². The SMILES string of the molecule is CCNC(C)c1cccc(-c2cnccc2C)c1. The zero-order valence-corrected chi connectivity index (χ0v) is 11.3. The molecule has 0 saturated carbocycles. The van der Waals surface area contributed by atoms with Crippen molar-refractivity contribution in [3.05, 3.63) is 53.9 Å². The van der Waals surface area contributed by atoms with E-state index in [-0.39, 0.29) is 0 Å². The van der Waals surface area contributed by atoms with Crippen molar-refractivity contribution in [1.82, 2.24) is 10.3 Å². The Morgan fingerprint density at radius 1 is 1.28 bits per heavy atom. The van der Waals surface area contributed by atoms with Gasteiger partial charge in [0.15, 0.2) is 0 Å². The topological polar surface area (TPSA) is 24.9 Å². The van der Waals surface area contributed by atoms with Gasteiger partial charge in [0.2, 0.25) is 0 Å². The Hall–Kier alpha value is -1.67. The lowest BCUT2D eigenvalue weighted by atomic mass is 9.98. The largest absolute Gasteiger partial charge is 0.310 e. The molecular formula is C16H20N2. The van der Waals surface area contributed by atoms with E-state index in [0.29, 0.717) is 6.04 Å². The van der Waals surface area contributed by atoms with Crippen molar-refractivity contribution < 1.29 is 0 Å². The summed E-state index contributed by atoms with van der Waals surface area (Å²) in [5.74, 6) is 0. The molecule has 1 N–H and O–H groups in total. The first-order chi connectivity index (χ1) is 8.72. The molecule has 2 aromatic rings. The van der Waals surface area contributed by atoms with E-state index in [1.807, 2.05) is 12.4 Å². The summed E-state index contributed by atoms with van der Waals surface area (Å²) < 4.78 is 0. The molecule has 0 aliphatic rings. The van der Waals surface area contributed by atoms with Crippen molar-refractivity contribution >= 4 is 0 Å². The number of rotatable bonds is 4. The van der Waals surface area contributed by atoms with Gasteiger partial charge < -0.3 is 5.32 Å². The molecule has 0 radical (unpaired) electrons. The van der Waals surface area contributed by atoms with E-state index < -0.39 is 0 Å². The Kier molecular flexibility index (Phi) is 4.11. The molecule has 18 heavy (non-hydrogen) atoms. The van der Waals surface area contributed by atoms with Crippen molar-refractivity contribution in [2.45, 2.75) is 26.8 Å². The molecule has 2 rings (SSSR count). The maximum atomic E-state index is 4.22. The highest BCUT2D eigenvalue weighted by molar-refractivity contribution is 5.66. The number of aryl methyl sites for hydroxylation is 1. The Labute approximate surface area is 109 Å². The maximum absolute atomic E-state index is 4.22. The van der Waals surface area contributed by atoms with Gasteiger partial charge in [-0.2, -0.15) is 0 Å². The number of hydrogen-bond donors (Lipinski definition) is 1. The maximum Gasteiger partial charge on any atom is 0.0349 e. The number of pyridine rings is 1. The summed E-state index contributed by atoms with van der Waals surface area (Å²) in [4.78, 5) is 4.22. The van der Waals surface area contributed by atoms with Crippen LogP contribution in [0.15, 0.2) is 42.7 Å². The van der Waals surface area contributed by atoms with E-state index in [0.717, 1.165) is 6.54 Å². The number of nitrogens with zero attached hydrogens (tertiary/aromatic N) is 1. The van der Waals surface area contributed by atoms with Crippen molar-refractivity contribution in [1.29, 1.82) is 0 Å². The lowest BCUT2D eigenvalue weighted by Gasteiger charge is -2.14. The first-order valence-electron chi connectivity index (χ1n) is 6.46. The van der Waals surface area contributed by atoms with Crippen LogP contribution in [0.2, 0.25) is 0 Å². The van der Waals surface area contributed by atoms with Crippen LogP contribution in [0.4, 0.5) is 0 Å². The Morgan fingerprint density at radius 3 is 2.83 bits per heavy atom. The average Bonchev–Trinajstić information content (AvgIpc) is 2.40. The summed E-state index contributed by atoms with van der Waals surface area (Å²) in [5, 5.41) is 3.44. The van der Waals surface area contributed by atoms with Crippen LogP contribution >= 0.6 is 0 Å². The molecule has 0 saturated heterocycles. The lowest BCUT2D eigenvalue weighted by molar-refractivity contribution is 0.598. The molecule has 1 aromatic carbocycles. The third-order valence-electron chi connectivity index (χ3n) is 3.25. The van der Waals surface area contributed by atoms with Crippen molar-refractivity contribution in [3.8, 4) is 11.1 Å². The lowest BCUT2D eigenvalue weighted by Crippen LogP contribution is -2.17. The summed E-state index contributed by atoms with van der Waals surface area (Å²) in [7, 11) is 0. The second-order valence-electron chi connectivity index (χ2n) is 4.60. The second kappa shape index (κ2) is 5.78. The first-order valence-corrected chi connectivity index (χ1v) is 6.46. The molecule has 0 fully saturated rings. The van der Waals surface area contributed by atoms with Crippen LogP contribution < -0.4 is 5.32 Å². The van der Waals surface area contributed by atoms with Crippen LogP contribution in [0, 0.1) is 6.92 Å². The molecule has 2 nitrogen and oxygen atoms in total. The smallest absolute Gasteiger partial charge is 0.0349 e. The molecule has 0 aliphatic heterocycles. The molecule has 0 aliphatic carbocycles. The fourth-order valence-electron chi connectivity index (χ4n) is 2.17. The number of hydrogen-bond acceptors (Lipinski definition) is 2. The van der Waals surface area contributed by atoms with Crippen molar-refractivity contribution in [2.24, 2.45) is 0 Å². The summed E-state index contributed by atoms with van der Waals surface area (Å²) >= 11 is 0. The van der Waals surface area contributed by atoms with Gasteiger partial charge in [0.25, 0.3) is 0 Å². The minimum Gasteiger partial charge on any atom is -0.310 e. The van der Waals surface area contributed by atoms with Crippen molar-refractivity contribution in [2.75, 3.05) is 6.54 Å². The van der Waals surface area contributed by atoms with E-state index in [9.17, 15) is 0 Å². The first kappa shape index (κ1) is 12.8. The minimum atomic E-state index is 0.381. The van der Waals surface area contributed by atoms with E-state index >= 15 is 0 Å². The third kappa shape index (κ3) is 2.77. The molecule has 1 aromatic heterocycles. The van der Waals surface area contributed by atoms with Gasteiger partial charge >= 0.3 is 0 Å². The predicted octanol–water partition coefficient (Wildman–Crippen LogP) is 3.73. The molecular weight excluding hydrogens is 220 g/mol. The Balaban J connectivity index is 2.36.